The lowest BCUT2D eigenvalue weighted by Gasteiger charge is -2.22. The van der Waals surface area contributed by atoms with Crippen LogP contribution in [0.4, 0.5) is 0 Å². The molecule has 0 aliphatic carbocycles. The summed E-state index contributed by atoms with van der Waals surface area (Å²) in [5, 5.41) is 0. The van der Waals surface area contributed by atoms with Crippen LogP contribution in [0.5, 0.6) is 0 Å². The van der Waals surface area contributed by atoms with E-state index in [9.17, 15) is 0 Å². The van der Waals surface area contributed by atoms with Crippen LogP contribution in [0.3, 0.4) is 0 Å². The number of benzene rings is 1. The van der Waals surface area contributed by atoms with Gasteiger partial charge in [-0.15, -0.1) is 0 Å². The smallest absolute Gasteiger partial charge is 0.157 e. The molecule has 0 radical (unpaired) electrons. The first-order valence-corrected chi connectivity index (χ1v) is 17.1. The first kappa shape index (κ1) is 41.9. The Morgan fingerprint density at radius 3 is 1.09 bits per heavy atom. The van der Waals surface area contributed by atoms with Crippen LogP contribution in [0, 0.1) is 0 Å². The van der Waals surface area contributed by atoms with Gasteiger partial charge < -0.3 is 61.6 Å². The van der Waals surface area contributed by atoms with E-state index >= 15 is 0 Å². The Kier molecular flexibility index (Phi) is 30.8. The molecular weight excluding hydrogens is 616 g/mol. The van der Waals surface area contributed by atoms with Crippen molar-refractivity contribution in [1.29, 1.82) is 0 Å². The molecule has 0 N–H and O–H groups in total. The second-order valence-electron chi connectivity index (χ2n) is 10.3. The lowest BCUT2D eigenvalue weighted by Crippen LogP contribution is -2.24. The summed E-state index contributed by atoms with van der Waals surface area (Å²) >= 11 is 0. The molecule has 0 amide bonds. The summed E-state index contributed by atoms with van der Waals surface area (Å²) in [6.07, 6.45) is 3.19. The zero-order chi connectivity index (χ0) is 33.0. The SMILES string of the molecule is c1ccc(COCCOCCOCCOCCOCCOCCOCCOCCOCCOCCOCCOC2CCCCO2)cc1. The lowest BCUT2D eigenvalue weighted by molar-refractivity contribution is -0.169. The molecule has 1 aromatic carbocycles. The van der Waals surface area contributed by atoms with Gasteiger partial charge in [-0.05, 0) is 24.8 Å². The minimum Gasteiger partial charge on any atom is -0.377 e. The number of rotatable bonds is 36. The average Bonchev–Trinajstić information content (AvgIpc) is 3.11. The molecule has 2 rings (SSSR count). The van der Waals surface area contributed by atoms with Crippen molar-refractivity contribution >= 4 is 0 Å². The molecule has 13 heteroatoms. The number of hydrogen-bond acceptors (Lipinski definition) is 13. The Morgan fingerprint density at radius 2 is 0.745 bits per heavy atom. The quantitative estimate of drug-likeness (QED) is 0.0971. The fourth-order valence-corrected chi connectivity index (χ4v) is 4.04. The van der Waals surface area contributed by atoms with Gasteiger partial charge in [-0.25, -0.2) is 0 Å². The van der Waals surface area contributed by atoms with E-state index in [1.807, 2.05) is 30.3 Å². The molecule has 0 spiro atoms. The Morgan fingerprint density at radius 1 is 0.404 bits per heavy atom. The van der Waals surface area contributed by atoms with Gasteiger partial charge in [-0.1, -0.05) is 30.3 Å². The van der Waals surface area contributed by atoms with Crippen LogP contribution in [0.15, 0.2) is 30.3 Å². The summed E-state index contributed by atoms with van der Waals surface area (Å²) < 4.78 is 71.6. The molecule has 13 nitrogen and oxygen atoms in total. The summed E-state index contributed by atoms with van der Waals surface area (Å²) in [7, 11) is 0. The average molecular weight is 677 g/mol. The minimum absolute atomic E-state index is 0.0654. The van der Waals surface area contributed by atoms with E-state index in [4.69, 9.17) is 61.6 Å². The normalized spacial score (nSPS) is 15.0. The molecule has 1 atom stereocenters. The predicted molar refractivity (Wildman–Crippen MR) is 174 cm³/mol. The van der Waals surface area contributed by atoms with Crippen molar-refractivity contribution in [2.24, 2.45) is 0 Å². The molecule has 0 aromatic heterocycles. The van der Waals surface area contributed by atoms with E-state index in [1.54, 1.807) is 0 Å². The fourth-order valence-electron chi connectivity index (χ4n) is 4.04. The van der Waals surface area contributed by atoms with E-state index in [0.717, 1.165) is 25.0 Å². The first-order valence-electron chi connectivity index (χ1n) is 17.1. The van der Waals surface area contributed by atoms with Crippen LogP contribution >= 0.6 is 0 Å². The maximum Gasteiger partial charge on any atom is 0.157 e. The van der Waals surface area contributed by atoms with Crippen LogP contribution in [0.1, 0.15) is 24.8 Å². The molecule has 1 aliphatic heterocycles. The van der Waals surface area contributed by atoms with Crippen LogP contribution < -0.4 is 0 Å². The molecule has 1 fully saturated rings. The van der Waals surface area contributed by atoms with Gasteiger partial charge in [0.2, 0.25) is 0 Å². The zero-order valence-electron chi connectivity index (χ0n) is 28.4. The monoisotopic (exact) mass is 676 g/mol. The van der Waals surface area contributed by atoms with Crippen molar-refractivity contribution in [1.82, 2.24) is 0 Å². The van der Waals surface area contributed by atoms with Crippen molar-refractivity contribution in [2.45, 2.75) is 32.2 Å². The van der Waals surface area contributed by atoms with E-state index in [-0.39, 0.29) is 6.29 Å². The topological polar surface area (TPSA) is 120 Å². The molecule has 0 saturated carbocycles. The summed E-state index contributed by atoms with van der Waals surface area (Å²) in [6, 6.07) is 10.1. The maximum atomic E-state index is 5.61. The van der Waals surface area contributed by atoms with Crippen molar-refractivity contribution in [3.63, 3.8) is 0 Å². The van der Waals surface area contributed by atoms with Gasteiger partial charge in [-0.3, -0.25) is 0 Å². The number of ether oxygens (including phenoxy) is 13. The molecule has 1 unspecified atom stereocenters. The number of hydrogen-bond donors (Lipinski definition) is 0. The van der Waals surface area contributed by atoms with E-state index in [0.29, 0.717) is 152 Å². The maximum absolute atomic E-state index is 5.61. The highest BCUT2D eigenvalue weighted by atomic mass is 16.7. The van der Waals surface area contributed by atoms with Gasteiger partial charge in [0.15, 0.2) is 6.29 Å². The summed E-state index contributed by atoms with van der Waals surface area (Å²) in [5.41, 5.74) is 1.16. The largest absolute Gasteiger partial charge is 0.377 e. The fraction of sp³-hybridized carbons (Fsp3) is 0.824. The Bertz CT molecular complexity index is 740. The van der Waals surface area contributed by atoms with Crippen molar-refractivity contribution in [3.8, 4) is 0 Å². The molecule has 1 saturated heterocycles. The zero-order valence-corrected chi connectivity index (χ0v) is 28.4. The van der Waals surface area contributed by atoms with Crippen LogP contribution in [-0.2, 0) is 68.2 Å². The minimum atomic E-state index is -0.0654. The highest BCUT2D eigenvalue weighted by molar-refractivity contribution is 5.13. The Labute approximate surface area is 281 Å². The predicted octanol–water partition coefficient (Wildman–Crippen LogP) is 2.91. The van der Waals surface area contributed by atoms with Crippen LogP contribution in [-0.4, -0.2) is 158 Å². The van der Waals surface area contributed by atoms with Gasteiger partial charge in [0.05, 0.1) is 152 Å². The van der Waals surface area contributed by atoms with Crippen molar-refractivity contribution < 1.29 is 61.6 Å². The highest BCUT2D eigenvalue weighted by Crippen LogP contribution is 2.13. The third-order valence-corrected chi connectivity index (χ3v) is 6.50. The molecule has 1 heterocycles. The van der Waals surface area contributed by atoms with Gasteiger partial charge in [0, 0.05) is 6.61 Å². The van der Waals surface area contributed by atoms with Gasteiger partial charge >= 0.3 is 0 Å². The molecule has 47 heavy (non-hydrogen) atoms. The van der Waals surface area contributed by atoms with Gasteiger partial charge in [0.1, 0.15) is 0 Å². The molecule has 274 valence electrons. The molecule has 1 aromatic rings. The molecular formula is C34H60O13. The summed E-state index contributed by atoms with van der Waals surface area (Å²) in [5.74, 6) is 0. The van der Waals surface area contributed by atoms with Gasteiger partial charge in [0.25, 0.3) is 0 Å². The second-order valence-corrected chi connectivity index (χ2v) is 10.3. The van der Waals surface area contributed by atoms with Crippen molar-refractivity contribution in [3.05, 3.63) is 35.9 Å². The van der Waals surface area contributed by atoms with Crippen LogP contribution in [0.2, 0.25) is 0 Å². The third-order valence-electron chi connectivity index (χ3n) is 6.50. The first-order chi connectivity index (χ1) is 23.4. The summed E-state index contributed by atoms with van der Waals surface area (Å²) in [4.78, 5) is 0. The lowest BCUT2D eigenvalue weighted by atomic mass is 10.2. The van der Waals surface area contributed by atoms with E-state index in [1.165, 1.54) is 6.42 Å². The van der Waals surface area contributed by atoms with Crippen LogP contribution in [0.25, 0.3) is 0 Å². The second kappa shape index (κ2) is 34.6. The van der Waals surface area contributed by atoms with Gasteiger partial charge in [-0.2, -0.15) is 0 Å². The third kappa shape index (κ3) is 29.3. The van der Waals surface area contributed by atoms with E-state index < -0.39 is 0 Å². The Balaban J connectivity index is 1.12. The molecule has 0 bridgehead atoms. The molecule has 1 aliphatic rings. The summed E-state index contributed by atoms with van der Waals surface area (Å²) in [6.45, 7) is 13.0. The Hall–Kier alpha value is -1.30. The standard InChI is InChI=1S/C34H60O13/c1-2-6-33(7-3-1)32-45-29-28-43-25-24-41-21-20-39-17-16-37-13-12-35-10-11-36-14-15-38-18-19-40-22-23-42-26-27-44-30-31-47-34-8-4-5-9-46-34/h1-3,6-7,34H,4-5,8-32H2. The van der Waals surface area contributed by atoms with Crippen molar-refractivity contribution in [2.75, 3.05) is 152 Å². The van der Waals surface area contributed by atoms with E-state index in [2.05, 4.69) is 0 Å². The highest BCUT2D eigenvalue weighted by Gasteiger charge is 2.13.